The van der Waals surface area contributed by atoms with Gasteiger partial charge >= 0.3 is 29.6 Å². The average molecular weight is 429 g/mol. The summed E-state index contributed by atoms with van der Waals surface area (Å²) in [5, 5.41) is 32.5. The molecule has 30 heavy (non-hydrogen) atoms. The molecule has 6 heteroatoms. The minimum atomic E-state index is -1.01. The molecule has 0 aliphatic heterocycles. The van der Waals surface area contributed by atoms with E-state index < -0.39 is 12.1 Å². The smallest absolute Gasteiger partial charge is 0.550 e. The van der Waals surface area contributed by atoms with Crippen molar-refractivity contribution in [3.63, 3.8) is 0 Å². The van der Waals surface area contributed by atoms with Gasteiger partial charge in [0, 0.05) is 23.7 Å². The Bertz CT molecular complexity index is 683. The van der Waals surface area contributed by atoms with Crippen LogP contribution in [0.1, 0.15) is 78.6 Å². The molecule has 4 aliphatic carbocycles. The van der Waals surface area contributed by atoms with E-state index in [-0.39, 0.29) is 88.4 Å². The van der Waals surface area contributed by atoms with E-state index in [4.69, 9.17) is 0 Å². The largest absolute Gasteiger partial charge is 1.00 e. The Balaban J connectivity index is 0.00000256. The fourth-order valence-corrected chi connectivity index (χ4v) is 8.39. The molecule has 0 saturated heterocycles. The van der Waals surface area contributed by atoms with Crippen LogP contribution >= 0.6 is 0 Å². The van der Waals surface area contributed by atoms with Crippen LogP contribution in [0.3, 0.4) is 0 Å². The van der Waals surface area contributed by atoms with Crippen molar-refractivity contribution >= 4 is 11.8 Å². The average Bonchev–Trinajstić information content (AvgIpc) is 3.01. The first-order valence-corrected chi connectivity index (χ1v) is 11.7. The minimum absolute atomic E-state index is 0. The summed E-state index contributed by atoms with van der Waals surface area (Å²) >= 11 is 0. The second-order valence-corrected chi connectivity index (χ2v) is 11.2. The van der Waals surface area contributed by atoms with E-state index in [0.717, 1.165) is 25.7 Å². The maximum atomic E-state index is 13.4. The van der Waals surface area contributed by atoms with Crippen LogP contribution in [0.4, 0.5) is 0 Å². The predicted octanol–water partition coefficient (Wildman–Crippen LogP) is -0.674. The van der Waals surface area contributed by atoms with Crippen molar-refractivity contribution in [2.24, 2.45) is 46.3 Å². The number of carboxylic acid groups (broad SMARTS) is 1. The van der Waals surface area contributed by atoms with Crippen LogP contribution in [0.2, 0.25) is 0 Å². The zero-order valence-electron chi connectivity index (χ0n) is 19.1. The number of aliphatic hydroxyl groups excluding tert-OH is 2. The standard InChI is InChI=1S/C24H38O5.Na/c1-13(4-7-21(28)29)16-5-6-17-22-18(12-20(27)24(16,17)3)23(2)9-8-15(25)10-14(23)11-19(22)26;/h13-18,20,22,25,27H,4-12H2,1-3H3,(H,28,29);/q;+1/p-1/t13-,14+,15-,16-,17?,18?,20+,22?,23+,24-;/m1./s1. The molecule has 3 unspecified atom stereocenters. The summed E-state index contributed by atoms with van der Waals surface area (Å²) in [7, 11) is 0. The number of rotatable bonds is 4. The molecule has 0 bridgehead atoms. The fraction of sp³-hybridized carbons (Fsp3) is 0.917. The number of hydrogen-bond donors (Lipinski definition) is 2. The Hall–Kier alpha value is 0.0600. The van der Waals surface area contributed by atoms with Crippen molar-refractivity contribution in [3.8, 4) is 0 Å². The molecular formula is C24H37NaO5. The normalized spacial score (nSPS) is 48.7. The van der Waals surface area contributed by atoms with Crippen LogP contribution in [0.15, 0.2) is 0 Å². The van der Waals surface area contributed by atoms with Gasteiger partial charge in [-0.1, -0.05) is 20.8 Å². The summed E-state index contributed by atoms with van der Waals surface area (Å²) in [5.41, 5.74) is -0.293. The molecule has 0 aromatic rings. The number of carbonyl (C=O) groups excluding carboxylic acids is 2. The van der Waals surface area contributed by atoms with E-state index in [1.54, 1.807) is 0 Å². The number of carboxylic acids is 1. The third-order valence-corrected chi connectivity index (χ3v) is 10.1. The SMILES string of the molecule is C[C@H](CCC(=O)[O-])[C@H]1CCC2C3C(=O)C[C@@H]4C[C@H](O)CC[C@]4(C)C3C[C@H](O)[C@@]21C.[Na+]. The predicted molar refractivity (Wildman–Crippen MR) is 106 cm³/mol. The number of carbonyl (C=O) groups is 2. The summed E-state index contributed by atoms with van der Waals surface area (Å²) in [6, 6.07) is 0. The molecule has 0 radical (unpaired) electrons. The van der Waals surface area contributed by atoms with Crippen molar-refractivity contribution in [1.82, 2.24) is 0 Å². The minimum Gasteiger partial charge on any atom is -0.550 e. The van der Waals surface area contributed by atoms with Crippen molar-refractivity contribution < 1.29 is 54.5 Å². The Labute approximate surface area is 202 Å². The Kier molecular flexibility index (Phi) is 7.23. The van der Waals surface area contributed by atoms with E-state index in [2.05, 4.69) is 20.8 Å². The van der Waals surface area contributed by atoms with Gasteiger partial charge in [0.05, 0.1) is 12.2 Å². The maximum Gasteiger partial charge on any atom is 1.00 e. The number of Topliss-reactive ketones (excluding diaryl/α,β-unsaturated/α-hetero) is 1. The summed E-state index contributed by atoms with van der Waals surface area (Å²) in [6.45, 7) is 6.57. The van der Waals surface area contributed by atoms with Gasteiger partial charge in [-0.15, -0.1) is 0 Å². The zero-order chi connectivity index (χ0) is 21.1. The number of ketones is 1. The molecule has 0 spiro atoms. The number of hydrogen-bond acceptors (Lipinski definition) is 5. The molecule has 4 fully saturated rings. The second-order valence-electron chi connectivity index (χ2n) is 11.2. The van der Waals surface area contributed by atoms with Crippen LogP contribution in [0.5, 0.6) is 0 Å². The third-order valence-electron chi connectivity index (χ3n) is 10.1. The van der Waals surface area contributed by atoms with Crippen LogP contribution in [-0.4, -0.2) is 34.2 Å². The molecule has 164 valence electrons. The molecule has 0 aromatic carbocycles. The summed E-state index contributed by atoms with van der Waals surface area (Å²) in [6.07, 6.45) is 5.47. The van der Waals surface area contributed by atoms with E-state index in [1.807, 2.05) is 0 Å². The first kappa shape index (κ1) is 24.7. The van der Waals surface area contributed by atoms with Gasteiger partial charge in [0.15, 0.2) is 0 Å². The number of fused-ring (bicyclic) bond motifs is 5. The molecular weight excluding hydrogens is 391 g/mol. The summed E-state index contributed by atoms with van der Waals surface area (Å²) < 4.78 is 0. The van der Waals surface area contributed by atoms with Crippen LogP contribution in [0.25, 0.3) is 0 Å². The molecule has 0 amide bonds. The first-order chi connectivity index (χ1) is 13.6. The molecule has 2 N–H and O–H groups in total. The van der Waals surface area contributed by atoms with E-state index in [1.165, 1.54) is 0 Å². The van der Waals surface area contributed by atoms with Gasteiger partial charge in [-0.3, -0.25) is 4.79 Å². The zero-order valence-corrected chi connectivity index (χ0v) is 21.1. The van der Waals surface area contributed by atoms with Crippen molar-refractivity contribution in [1.29, 1.82) is 0 Å². The van der Waals surface area contributed by atoms with Crippen LogP contribution < -0.4 is 34.7 Å². The van der Waals surface area contributed by atoms with E-state index in [9.17, 15) is 24.9 Å². The molecule has 0 heterocycles. The van der Waals surface area contributed by atoms with Crippen molar-refractivity contribution in [2.75, 3.05) is 0 Å². The number of aliphatic carboxylic acids is 1. The second kappa shape index (κ2) is 8.78. The Morgan fingerprint density at radius 2 is 1.87 bits per heavy atom. The van der Waals surface area contributed by atoms with Gasteiger partial charge in [0.25, 0.3) is 0 Å². The van der Waals surface area contributed by atoms with E-state index in [0.29, 0.717) is 31.5 Å². The maximum absolute atomic E-state index is 13.4. The van der Waals surface area contributed by atoms with Crippen LogP contribution in [0, 0.1) is 46.3 Å². The van der Waals surface area contributed by atoms with Gasteiger partial charge in [-0.2, -0.15) is 0 Å². The Morgan fingerprint density at radius 1 is 1.17 bits per heavy atom. The summed E-state index contributed by atoms with van der Waals surface area (Å²) in [5.74, 6) is 0.402. The fourth-order valence-electron chi connectivity index (χ4n) is 8.39. The van der Waals surface area contributed by atoms with Gasteiger partial charge in [0.2, 0.25) is 0 Å². The Morgan fingerprint density at radius 3 is 2.53 bits per heavy atom. The van der Waals surface area contributed by atoms with Gasteiger partial charge < -0.3 is 20.1 Å². The third kappa shape index (κ3) is 3.75. The molecule has 5 nitrogen and oxygen atoms in total. The topological polar surface area (TPSA) is 97.7 Å². The molecule has 0 aromatic heterocycles. The molecule has 4 rings (SSSR count). The van der Waals surface area contributed by atoms with Gasteiger partial charge in [-0.25, -0.2) is 0 Å². The van der Waals surface area contributed by atoms with Crippen molar-refractivity contribution in [2.45, 2.75) is 90.8 Å². The van der Waals surface area contributed by atoms with Gasteiger partial charge in [-0.05, 0) is 86.4 Å². The molecule has 4 saturated carbocycles. The molecule has 10 atom stereocenters. The molecule has 4 aliphatic rings. The van der Waals surface area contributed by atoms with Gasteiger partial charge in [0.1, 0.15) is 5.78 Å². The van der Waals surface area contributed by atoms with E-state index >= 15 is 0 Å². The van der Waals surface area contributed by atoms with Crippen molar-refractivity contribution in [3.05, 3.63) is 0 Å². The first-order valence-electron chi connectivity index (χ1n) is 11.7. The number of aliphatic hydroxyl groups is 2. The monoisotopic (exact) mass is 428 g/mol. The quantitative estimate of drug-likeness (QED) is 0.579. The summed E-state index contributed by atoms with van der Waals surface area (Å²) in [4.78, 5) is 24.3. The van der Waals surface area contributed by atoms with Crippen LogP contribution in [-0.2, 0) is 9.59 Å².